The van der Waals surface area contributed by atoms with Crippen LogP contribution in [-0.4, -0.2) is 30.2 Å². The maximum Gasteiger partial charge on any atom is 0.0298 e. The van der Waals surface area contributed by atoms with Crippen molar-refractivity contribution in [3.8, 4) is 0 Å². The van der Waals surface area contributed by atoms with Gasteiger partial charge in [-0.2, -0.15) is 4.53 Å². The Hall–Kier alpha value is 0.210. The minimum atomic E-state index is 0.965. The molecule has 0 heterocycles. The van der Waals surface area contributed by atoms with Crippen molar-refractivity contribution in [2.45, 2.75) is 96.8 Å². The lowest BCUT2D eigenvalue weighted by Gasteiger charge is -2.20. The zero-order chi connectivity index (χ0) is 15.8. The molecule has 0 bridgehead atoms. The van der Waals surface area contributed by atoms with Gasteiger partial charge in [0.1, 0.15) is 0 Å². The molecule has 0 saturated heterocycles. The van der Waals surface area contributed by atoms with E-state index in [1.54, 1.807) is 4.53 Å². The fourth-order valence-corrected chi connectivity index (χ4v) is 2.76. The first-order chi connectivity index (χ1) is 10.2. The second-order valence-corrected chi connectivity index (χ2v) is 6.89. The number of hydrogen-bond donors (Lipinski definition) is 0. The molecule has 0 spiro atoms. The van der Waals surface area contributed by atoms with E-state index in [1.165, 1.54) is 89.9 Å². The summed E-state index contributed by atoms with van der Waals surface area (Å²) in [7, 11) is 3.97. The summed E-state index contributed by atoms with van der Waals surface area (Å²) in [6.07, 6.45) is 19.7. The highest BCUT2D eigenvalue weighted by Crippen LogP contribution is 2.13. The Balaban J connectivity index is 3.03. The minimum Gasteiger partial charge on any atom is -0.234 e. The van der Waals surface area contributed by atoms with Crippen molar-refractivity contribution in [3.63, 3.8) is 0 Å². The molecular weight excluding hydrogens is 280 g/mol. The van der Waals surface area contributed by atoms with Crippen LogP contribution < -0.4 is 0 Å². The second-order valence-electron chi connectivity index (χ2n) is 6.50. The molecule has 0 aromatic heterocycles. The third-order valence-electron chi connectivity index (χ3n) is 4.13. The van der Waals surface area contributed by atoms with E-state index in [4.69, 9.17) is 11.8 Å². The molecule has 21 heavy (non-hydrogen) atoms. The van der Waals surface area contributed by atoms with Crippen molar-refractivity contribution in [1.82, 2.24) is 9.54 Å². The highest BCUT2D eigenvalue weighted by Gasteiger charge is 2.01. The van der Waals surface area contributed by atoms with Crippen LogP contribution in [0.15, 0.2) is 0 Å². The highest BCUT2D eigenvalue weighted by atomic mass is 35.5. The van der Waals surface area contributed by atoms with Crippen molar-refractivity contribution in [1.29, 1.82) is 0 Å². The van der Waals surface area contributed by atoms with Gasteiger partial charge in [-0.3, -0.25) is 0 Å². The van der Waals surface area contributed by atoms with Crippen LogP contribution in [0.2, 0.25) is 0 Å². The van der Waals surface area contributed by atoms with Crippen LogP contribution in [0.4, 0.5) is 0 Å². The third-order valence-corrected chi connectivity index (χ3v) is 4.60. The SMILES string of the molecule is CCCCCCCCCCCCCCCCN(Cl)N(C)C. The second kappa shape index (κ2) is 16.6. The van der Waals surface area contributed by atoms with Gasteiger partial charge in [-0.15, -0.1) is 0 Å². The largest absolute Gasteiger partial charge is 0.234 e. The quantitative estimate of drug-likeness (QED) is 0.184. The fraction of sp³-hybridized carbons (Fsp3) is 1.00. The summed E-state index contributed by atoms with van der Waals surface area (Å²) in [6.45, 7) is 3.25. The van der Waals surface area contributed by atoms with E-state index in [0.717, 1.165) is 6.54 Å². The average molecular weight is 319 g/mol. The number of hydrazine groups is 1. The molecule has 3 heteroatoms. The molecule has 0 saturated carbocycles. The van der Waals surface area contributed by atoms with Gasteiger partial charge in [0, 0.05) is 20.6 Å². The first-order valence-electron chi connectivity index (χ1n) is 9.29. The standard InChI is InChI=1S/C18H39ClN2/c1-4-5-6-7-8-9-10-11-12-13-14-15-16-17-18-21(19)20(2)3/h4-18H2,1-3H3. The number of halogens is 1. The summed E-state index contributed by atoms with van der Waals surface area (Å²) in [5.41, 5.74) is 0. The van der Waals surface area contributed by atoms with Crippen LogP contribution in [0.5, 0.6) is 0 Å². The molecule has 0 aromatic rings. The number of nitrogens with zero attached hydrogens (tertiary/aromatic N) is 2. The summed E-state index contributed by atoms with van der Waals surface area (Å²) >= 11 is 6.03. The molecule has 0 aromatic carbocycles. The summed E-state index contributed by atoms with van der Waals surface area (Å²) in [5.74, 6) is 0. The zero-order valence-corrected chi connectivity index (χ0v) is 15.6. The fourth-order valence-electron chi connectivity index (χ4n) is 2.64. The summed E-state index contributed by atoms with van der Waals surface area (Å²) in [6, 6.07) is 0. The number of rotatable bonds is 16. The van der Waals surface area contributed by atoms with E-state index in [9.17, 15) is 0 Å². The monoisotopic (exact) mass is 318 g/mol. The predicted octanol–water partition coefficient (Wildman–Crippen LogP) is 6.40. The molecule has 0 unspecified atom stereocenters. The molecule has 128 valence electrons. The Labute approximate surface area is 139 Å². The Morgan fingerprint density at radius 2 is 0.905 bits per heavy atom. The molecule has 0 aliphatic rings. The van der Waals surface area contributed by atoms with Gasteiger partial charge in [0.15, 0.2) is 0 Å². The van der Waals surface area contributed by atoms with Crippen LogP contribution in [0.3, 0.4) is 0 Å². The summed E-state index contributed by atoms with van der Waals surface area (Å²) in [5, 5.41) is 1.93. The minimum absolute atomic E-state index is 0.965. The molecule has 0 fully saturated rings. The molecule has 2 nitrogen and oxygen atoms in total. The van der Waals surface area contributed by atoms with Gasteiger partial charge in [-0.25, -0.2) is 5.01 Å². The molecule has 0 N–H and O–H groups in total. The van der Waals surface area contributed by atoms with Crippen LogP contribution in [-0.2, 0) is 0 Å². The van der Waals surface area contributed by atoms with Crippen molar-refractivity contribution in [2.24, 2.45) is 0 Å². The Morgan fingerprint density at radius 3 is 1.24 bits per heavy atom. The highest BCUT2D eigenvalue weighted by molar-refractivity contribution is 6.12. The lowest BCUT2D eigenvalue weighted by Crippen LogP contribution is -2.29. The topological polar surface area (TPSA) is 6.48 Å². The smallest absolute Gasteiger partial charge is 0.0298 e. The Kier molecular flexibility index (Phi) is 16.7. The van der Waals surface area contributed by atoms with E-state index in [2.05, 4.69) is 6.92 Å². The maximum atomic E-state index is 6.03. The molecule has 0 radical (unpaired) electrons. The number of unbranched alkanes of at least 4 members (excludes halogenated alkanes) is 13. The zero-order valence-electron chi connectivity index (χ0n) is 14.9. The van der Waals surface area contributed by atoms with E-state index < -0.39 is 0 Å². The van der Waals surface area contributed by atoms with Gasteiger partial charge >= 0.3 is 0 Å². The molecule has 0 atom stereocenters. The van der Waals surface area contributed by atoms with Gasteiger partial charge in [0.25, 0.3) is 0 Å². The Morgan fingerprint density at radius 1 is 0.571 bits per heavy atom. The van der Waals surface area contributed by atoms with Crippen molar-refractivity contribution < 1.29 is 0 Å². The first kappa shape index (κ1) is 21.2. The van der Waals surface area contributed by atoms with Crippen LogP contribution in [0.25, 0.3) is 0 Å². The Bertz CT molecular complexity index is 198. The van der Waals surface area contributed by atoms with E-state index >= 15 is 0 Å². The molecule has 0 rings (SSSR count). The van der Waals surface area contributed by atoms with E-state index in [0.29, 0.717) is 0 Å². The van der Waals surface area contributed by atoms with Crippen LogP contribution >= 0.6 is 11.8 Å². The van der Waals surface area contributed by atoms with Gasteiger partial charge in [0.05, 0.1) is 0 Å². The lowest BCUT2D eigenvalue weighted by atomic mass is 10.0. The van der Waals surface area contributed by atoms with Crippen molar-refractivity contribution in [3.05, 3.63) is 0 Å². The van der Waals surface area contributed by atoms with Gasteiger partial charge in [-0.1, -0.05) is 90.4 Å². The lowest BCUT2D eigenvalue weighted by molar-refractivity contribution is 0.130. The molecule has 0 aliphatic heterocycles. The van der Waals surface area contributed by atoms with Crippen molar-refractivity contribution >= 4 is 11.8 Å². The van der Waals surface area contributed by atoms with Gasteiger partial charge in [-0.05, 0) is 18.2 Å². The average Bonchev–Trinajstić information content (AvgIpc) is 2.47. The van der Waals surface area contributed by atoms with E-state index in [1.807, 2.05) is 19.1 Å². The van der Waals surface area contributed by atoms with Gasteiger partial charge < -0.3 is 0 Å². The summed E-state index contributed by atoms with van der Waals surface area (Å²) in [4.78, 5) is 0. The molecule has 0 amide bonds. The van der Waals surface area contributed by atoms with Crippen molar-refractivity contribution in [2.75, 3.05) is 20.6 Å². The van der Waals surface area contributed by atoms with E-state index in [-0.39, 0.29) is 0 Å². The summed E-state index contributed by atoms with van der Waals surface area (Å²) < 4.78 is 1.76. The predicted molar refractivity (Wildman–Crippen MR) is 96.6 cm³/mol. The van der Waals surface area contributed by atoms with Crippen LogP contribution in [0.1, 0.15) is 96.8 Å². The molecule has 0 aliphatic carbocycles. The first-order valence-corrected chi connectivity index (χ1v) is 9.62. The van der Waals surface area contributed by atoms with Gasteiger partial charge in [0.2, 0.25) is 0 Å². The number of hydrogen-bond acceptors (Lipinski definition) is 2. The normalized spacial score (nSPS) is 11.7. The maximum absolute atomic E-state index is 6.03. The molecular formula is C18H39ClN2. The van der Waals surface area contributed by atoms with Crippen LogP contribution in [0, 0.1) is 0 Å². The third kappa shape index (κ3) is 16.4.